The van der Waals surface area contributed by atoms with Crippen LogP contribution in [0.5, 0.6) is 0 Å². The van der Waals surface area contributed by atoms with Crippen LogP contribution < -0.4 is 0 Å². The molecule has 0 unspecified atom stereocenters. The minimum atomic E-state index is -4.06. The number of halogens is 3. The van der Waals surface area contributed by atoms with E-state index in [1.54, 1.807) is 0 Å². The monoisotopic (exact) mass is 302 g/mol. The molecule has 0 fully saturated rings. The summed E-state index contributed by atoms with van der Waals surface area (Å²) in [6.07, 6.45) is 0. The summed E-state index contributed by atoms with van der Waals surface area (Å²) in [5.74, 6) is 0. The fraction of sp³-hybridized carbons (Fsp3) is 0. The predicted molar refractivity (Wildman–Crippen MR) is 18.2 cm³/mol. The summed E-state index contributed by atoms with van der Waals surface area (Å²) in [6.45, 7) is 0. The molecule has 5 heavy (non-hydrogen) atoms. The third kappa shape index (κ3) is 31.6. The molecule has 0 amide bonds. The first-order chi connectivity index (χ1) is 2.00. The van der Waals surface area contributed by atoms with Crippen molar-refractivity contribution in [3.8, 4) is 0 Å². The second-order valence-corrected chi connectivity index (χ2v) is 19.2. The molecular formula is Cl3OTa. The van der Waals surface area contributed by atoms with Gasteiger partial charge in [0, 0.05) is 0 Å². The van der Waals surface area contributed by atoms with Crippen molar-refractivity contribution >= 4 is 27.6 Å². The Kier molecular flexibility index (Phi) is 2.46. The van der Waals surface area contributed by atoms with Crippen LogP contribution in [0, 0.1) is 0 Å². The molecule has 0 saturated heterocycles. The summed E-state index contributed by atoms with van der Waals surface area (Å²) >= 11 is -4.06. The Bertz CT molecular complexity index is 53.0. The van der Waals surface area contributed by atoms with Crippen molar-refractivity contribution in [2.45, 2.75) is 0 Å². The second-order valence-electron chi connectivity index (χ2n) is 0.399. The molecule has 0 aliphatic rings. The normalized spacial score (nSPS) is 11.8. The van der Waals surface area contributed by atoms with E-state index in [0.717, 1.165) is 0 Å². The Balaban J connectivity index is 3.47. The Morgan fingerprint density at radius 1 is 1.20 bits per heavy atom. The van der Waals surface area contributed by atoms with E-state index in [1.807, 2.05) is 0 Å². The van der Waals surface area contributed by atoms with Gasteiger partial charge >= 0.3 is 44.7 Å². The van der Waals surface area contributed by atoms with Gasteiger partial charge in [0.2, 0.25) is 0 Å². The molecular weight excluding hydrogens is 303 g/mol. The van der Waals surface area contributed by atoms with Crippen molar-refractivity contribution in [2.75, 3.05) is 0 Å². The zero-order valence-corrected chi connectivity index (χ0v) is 7.47. The molecule has 0 bridgehead atoms. The molecule has 0 aliphatic carbocycles. The molecule has 0 heterocycles. The molecule has 0 aromatic heterocycles. The van der Waals surface area contributed by atoms with E-state index in [2.05, 4.69) is 0 Å². The number of rotatable bonds is 0. The van der Waals surface area contributed by atoms with E-state index in [1.165, 1.54) is 0 Å². The summed E-state index contributed by atoms with van der Waals surface area (Å²) in [4.78, 5) is 0. The Morgan fingerprint density at radius 3 is 1.20 bits per heavy atom. The molecule has 1 nitrogen and oxygen atoms in total. The Hall–Kier alpha value is 1.41. The van der Waals surface area contributed by atoms with Crippen molar-refractivity contribution < 1.29 is 17.1 Å². The van der Waals surface area contributed by atoms with E-state index in [4.69, 9.17) is 27.6 Å². The zero-order chi connectivity index (χ0) is 4.50. The average molecular weight is 303 g/mol. The van der Waals surface area contributed by atoms with Gasteiger partial charge in [-0.25, -0.2) is 0 Å². The van der Waals surface area contributed by atoms with Crippen LogP contribution in [-0.4, -0.2) is 0 Å². The summed E-state index contributed by atoms with van der Waals surface area (Å²) in [5, 5.41) is 0. The van der Waals surface area contributed by atoms with Crippen molar-refractivity contribution in [1.29, 1.82) is 0 Å². The van der Waals surface area contributed by atoms with Gasteiger partial charge in [-0.05, 0) is 0 Å². The summed E-state index contributed by atoms with van der Waals surface area (Å²) in [6, 6.07) is 0. The fourth-order valence-corrected chi connectivity index (χ4v) is 0. The Morgan fingerprint density at radius 2 is 1.20 bits per heavy atom. The van der Waals surface area contributed by atoms with Crippen LogP contribution in [0.1, 0.15) is 0 Å². The average Bonchev–Trinajstić information content (AvgIpc) is 0.722. The molecule has 0 aromatic carbocycles. The maximum atomic E-state index is 9.62. The van der Waals surface area contributed by atoms with Gasteiger partial charge < -0.3 is 0 Å². The van der Waals surface area contributed by atoms with Gasteiger partial charge in [-0.2, -0.15) is 0 Å². The molecule has 0 rings (SSSR count). The van der Waals surface area contributed by atoms with E-state index >= 15 is 0 Å². The van der Waals surface area contributed by atoms with Crippen molar-refractivity contribution in [3.05, 3.63) is 0 Å². The molecule has 0 aliphatic heterocycles. The fourth-order valence-electron chi connectivity index (χ4n) is 0. The van der Waals surface area contributed by atoms with Gasteiger partial charge in [-0.3, -0.25) is 0 Å². The van der Waals surface area contributed by atoms with E-state index in [9.17, 15) is 3.25 Å². The van der Waals surface area contributed by atoms with Gasteiger partial charge in [0.15, 0.2) is 0 Å². The summed E-state index contributed by atoms with van der Waals surface area (Å²) in [5.41, 5.74) is 0. The quantitative estimate of drug-likeness (QED) is 0.668. The molecule has 5 heteroatoms. The van der Waals surface area contributed by atoms with Crippen LogP contribution in [0.15, 0.2) is 0 Å². The van der Waals surface area contributed by atoms with E-state index in [0.29, 0.717) is 0 Å². The second kappa shape index (κ2) is 1.92. The first kappa shape index (κ1) is 6.41. The third-order valence-electron chi connectivity index (χ3n) is 0. The molecule has 0 spiro atoms. The van der Waals surface area contributed by atoms with Gasteiger partial charge in [-0.1, -0.05) is 0 Å². The van der Waals surface area contributed by atoms with E-state index in [-0.39, 0.29) is 0 Å². The SMILES string of the molecule is [O]=[Ta]([Cl])([Cl])[Cl]. The van der Waals surface area contributed by atoms with Crippen molar-refractivity contribution in [1.82, 2.24) is 0 Å². The first-order valence-electron chi connectivity index (χ1n) is 0.690. The number of hydrogen-bond donors (Lipinski definition) is 0. The third-order valence-corrected chi connectivity index (χ3v) is 0. The van der Waals surface area contributed by atoms with Crippen LogP contribution >= 0.6 is 27.6 Å². The van der Waals surface area contributed by atoms with Crippen LogP contribution in [-0.2, 0) is 17.1 Å². The standard InChI is InChI=1S/3ClH.O.Ta/h3*1H;;/q;;;;+3/p-3. The van der Waals surface area contributed by atoms with Crippen molar-refractivity contribution in [3.63, 3.8) is 0 Å². The Labute approximate surface area is 44.5 Å². The molecule has 0 saturated carbocycles. The van der Waals surface area contributed by atoms with Gasteiger partial charge in [0.05, 0.1) is 0 Å². The summed E-state index contributed by atoms with van der Waals surface area (Å²) in [7, 11) is 14.2. The topological polar surface area (TPSA) is 17.1 Å². The van der Waals surface area contributed by atoms with Crippen molar-refractivity contribution in [2.24, 2.45) is 0 Å². The molecule has 0 aromatic rings. The van der Waals surface area contributed by atoms with Crippen LogP contribution in [0.25, 0.3) is 0 Å². The van der Waals surface area contributed by atoms with Gasteiger partial charge in [0.1, 0.15) is 0 Å². The molecule has 32 valence electrons. The number of hydrogen-bond acceptors (Lipinski definition) is 1. The van der Waals surface area contributed by atoms with Crippen LogP contribution in [0.2, 0.25) is 0 Å². The van der Waals surface area contributed by atoms with Gasteiger partial charge in [-0.15, -0.1) is 0 Å². The zero-order valence-electron chi connectivity index (χ0n) is 1.99. The van der Waals surface area contributed by atoms with E-state index < -0.39 is 13.9 Å². The van der Waals surface area contributed by atoms with Gasteiger partial charge in [0.25, 0.3) is 0 Å². The predicted octanol–water partition coefficient (Wildman–Crippen LogP) is 1.95. The van der Waals surface area contributed by atoms with Crippen LogP contribution in [0.3, 0.4) is 0 Å². The molecule has 0 radical (unpaired) electrons. The summed E-state index contributed by atoms with van der Waals surface area (Å²) < 4.78 is 9.62. The minimum absolute atomic E-state index is 4.06. The van der Waals surface area contributed by atoms with Crippen LogP contribution in [0.4, 0.5) is 0 Å². The maximum absolute atomic E-state index is 9.62. The molecule has 0 atom stereocenters. The molecule has 0 N–H and O–H groups in total. The first-order valence-corrected chi connectivity index (χ1v) is 13.9.